The molecular weight excluding hydrogens is 606 g/mol. The molecule has 1 aromatic heterocycles. The number of aliphatic carboxylic acids is 2. The molecule has 0 fully saturated rings. The standard InChI is InChI=1S/C30H49N5O9S/c1-6-9-20(30(43)44)32-29(42)25(38)21(14-16(3)4)33-27(40)22(15-18-10-8-13-45-18)34-28(41)24(17(5)7-2)35-26(39)19(31)11-12-23(36)37/h8,10,13,16-17,19-22,24-25,38H,6-7,9,11-12,14-15,31H2,1-5H3,(H,32,42)(H,33,40)(H,34,41)(H,35,39)(H,36,37)(H,43,44)/t17-,19-,20-,21-,22-,24-,25-/m0/s1. The first kappa shape index (κ1) is 39.5. The molecule has 45 heavy (non-hydrogen) atoms. The molecule has 1 rings (SSSR count). The lowest BCUT2D eigenvalue weighted by atomic mass is 9.96. The average Bonchev–Trinajstić information content (AvgIpc) is 3.49. The molecule has 1 heterocycles. The van der Waals surface area contributed by atoms with Crippen LogP contribution in [0.15, 0.2) is 17.5 Å². The number of hydrogen-bond acceptors (Lipinski definition) is 9. The molecule has 4 amide bonds. The number of carboxylic acids is 2. The molecule has 1 aromatic rings. The highest BCUT2D eigenvalue weighted by Crippen LogP contribution is 2.15. The van der Waals surface area contributed by atoms with Crippen molar-refractivity contribution in [2.24, 2.45) is 17.6 Å². The van der Waals surface area contributed by atoms with Crippen LogP contribution in [0.1, 0.15) is 78.0 Å². The summed E-state index contributed by atoms with van der Waals surface area (Å²) in [6.07, 6.45) is -0.857. The molecule has 0 aliphatic carbocycles. The fourth-order valence-electron chi connectivity index (χ4n) is 4.52. The minimum absolute atomic E-state index is 0.0722. The predicted octanol–water partition coefficient (Wildman–Crippen LogP) is 0.760. The highest BCUT2D eigenvalue weighted by Gasteiger charge is 2.35. The summed E-state index contributed by atoms with van der Waals surface area (Å²) in [6.45, 7) is 8.96. The van der Waals surface area contributed by atoms with Crippen LogP contribution in [0.2, 0.25) is 0 Å². The molecule has 0 bridgehead atoms. The van der Waals surface area contributed by atoms with Crippen molar-refractivity contribution >= 4 is 46.9 Å². The van der Waals surface area contributed by atoms with Crippen molar-refractivity contribution in [1.29, 1.82) is 0 Å². The Bertz CT molecular complexity index is 1130. The van der Waals surface area contributed by atoms with Gasteiger partial charge in [-0.15, -0.1) is 11.3 Å². The van der Waals surface area contributed by atoms with Gasteiger partial charge in [0.1, 0.15) is 18.1 Å². The first-order chi connectivity index (χ1) is 21.1. The summed E-state index contributed by atoms with van der Waals surface area (Å²) in [5.41, 5.74) is 5.85. The predicted molar refractivity (Wildman–Crippen MR) is 168 cm³/mol. The second kappa shape index (κ2) is 19.7. The maximum atomic E-state index is 13.7. The molecular formula is C30H49N5O9S. The van der Waals surface area contributed by atoms with Gasteiger partial charge in [0.15, 0.2) is 6.10 Å². The Morgan fingerprint density at radius 3 is 2.02 bits per heavy atom. The largest absolute Gasteiger partial charge is 0.481 e. The Labute approximate surface area is 267 Å². The van der Waals surface area contributed by atoms with E-state index in [1.54, 1.807) is 31.4 Å². The van der Waals surface area contributed by atoms with Gasteiger partial charge < -0.3 is 42.3 Å². The number of nitrogens with one attached hydrogen (secondary N) is 4. The van der Waals surface area contributed by atoms with Gasteiger partial charge in [0.25, 0.3) is 5.91 Å². The normalized spacial score (nSPS) is 15.9. The number of aliphatic hydroxyl groups is 1. The first-order valence-electron chi connectivity index (χ1n) is 15.2. The van der Waals surface area contributed by atoms with Crippen LogP contribution in [0.4, 0.5) is 0 Å². The van der Waals surface area contributed by atoms with Gasteiger partial charge in [0.05, 0.1) is 12.1 Å². The summed E-state index contributed by atoms with van der Waals surface area (Å²) in [6, 6.07) is -2.17. The summed E-state index contributed by atoms with van der Waals surface area (Å²) in [5, 5.41) is 41.3. The lowest BCUT2D eigenvalue weighted by molar-refractivity contribution is -0.144. The molecule has 0 radical (unpaired) electrons. The number of carboxylic acid groups (broad SMARTS) is 2. The third kappa shape index (κ3) is 14.0. The van der Waals surface area contributed by atoms with Gasteiger partial charge in [-0.2, -0.15) is 0 Å². The van der Waals surface area contributed by atoms with Gasteiger partial charge in [0, 0.05) is 17.7 Å². The van der Waals surface area contributed by atoms with Crippen LogP contribution in [0.3, 0.4) is 0 Å². The van der Waals surface area contributed by atoms with E-state index in [2.05, 4.69) is 21.3 Å². The van der Waals surface area contributed by atoms with Crippen molar-refractivity contribution in [2.45, 2.75) is 116 Å². The summed E-state index contributed by atoms with van der Waals surface area (Å²) >= 11 is 1.36. The maximum absolute atomic E-state index is 13.7. The van der Waals surface area contributed by atoms with Crippen LogP contribution in [0.5, 0.6) is 0 Å². The quantitative estimate of drug-likeness (QED) is 0.0925. The molecule has 0 aliphatic rings. The molecule has 0 unspecified atom stereocenters. The summed E-state index contributed by atoms with van der Waals surface area (Å²) in [4.78, 5) is 76.0. The van der Waals surface area contributed by atoms with Crippen LogP contribution in [-0.4, -0.2) is 87.2 Å². The molecule has 14 nitrogen and oxygen atoms in total. The van der Waals surface area contributed by atoms with E-state index in [9.17, 15) is 39.0 Å². The van der Waals surface area contributed by atoms with E-state index in [1.807, 2.05) is 20.8 Å². The number of hydrogen-bond donors (Lipinski definition) is 8. The molecule has 15 heteroatoms. The van der Waals surface area contributed by atoms with Crippen molar-refractivity contribution in [3.8, 4) is 0 Å². The van der Waals surface area contributed by atoms with Crippen molar-refractivity contribution in [3.63, 3.8) is 0 Å². The number of amides is 4. The van der Waals surface area contributed by atoms with E-state index in [-0.39, 0.29) is 43.9 Å². The van der Waals surface area contributed by atoms with Gasteiger partial charge in [-0.1, -0.05) is 53.5 Å². The molecule has 0 saturated carbocycles. The average molecular weight is 656 g/mol. The third-order valence-corrected chi connectivity index (χ3v) is 8.21. The summed E-state index contributed by atoms with van der Waals surface area (Å²) in [7, 11) is 0. The Morgan fingerprint density at radius 1 is 0.867 bits per heavy atom. The number of rotatable bonds is 21. The van der Waals surface area contributed by atoms with Gasteiger partial charge in [-0.05, 0) is 42.5 Å². The second-order valence-electron chi connectivity index (χ2n) is 11.6. The van der Waals surface area contributed by atoms with E-state index >= 15 is 0 Å². The molecule has 0 spiro atoms. The number of carbonyl (C=O) groups is 6. The Morgan fingerprint density at radius 2 is 1.51 bits per heavy atom. The fourth-order valence-corrected chi connectivity index (χ4v) is 5.27. The number of thiophene rings is 1. The van der Waals surface area contributed by atoms with Crippen molar-refractivity contribution in [3.05, 3.63) is 22.4 Å². The van der Waals surface area contributed by atoms with Gasteiger partial charge >= 0.3 is 11.9 Å². The van der Waals surface area contributed by atoms with Crippen molar-refractivity contribution < 1.29 is 44.1 Å². The Hall–Kier alpha value is -3.56. The first-order valence-corrected chi connectivity index (χ1v) is 16.1. The fraction of sp³-hybridized carbons (Fsp3) is 0.667. The molecule has 9 N–H and O–H groups in total. The van der Waals surface area contributed by atoms with Crippen LogP contribution in [-0.2, 0) is 35.2 Å². The summed E-state index contributed by atoms with van der Waals surface area (Å²) < 4.78 is 0. The van der Waals surface area contributed by atoms with Gasteiger partial charge in [-0.25, -0.2) is 4.79 Å². The van der Waals surface area contributed by atoms with Crippen molar-refractivity contribution in [1.82, 2.24) is 21.3 Å². The molecule has 7 atom stereocenters. The monoisotopic (exact) mass is 655 g/mol. The molecule has 0 aromatic carbocycles. The van der Waals surface area contributed by atoms with Crippen LogP contribution in [0, 0.1) is 11.8 Å². The van der Waals surface area contributed by atoms with E-state index in [0.29, 0.717) is 12.8 Å². The lowest BCUT2D eigenvalue weighted by Crippen LogP contribution is -2.60. The van der Waals surface area contributed by atoms with E-state index < -0.39 is 71.9 Å². The zero-order chi connectivity index (χ0) is 34.3. The van der Waals surface area contributed by atoms with E-state index in [0.717, 1.165) is 4.88 Å². The van der Waals surface area contributed by atoms with E-state index in [4.69, 9.17) is 10.8 Å². The second-order valence-corrected chi connectivity index (χ2v) is 12.7. The van der Waals surface area contributed by atoms with Crippen LogP contribution in [0.25, 0.3) is 0 Å². The molecule has 0 aliphatic heterocycles. The Balaban J connectivity index is 3.23. The summed E-state index contributed by atoms with van der Waals surface area (Å²) in [5.74, 6) is -5.82. The molecule has 254 valence electrons. The molecule has 0 saturated heterocycles. The minimum Gasteiger partial charge on any atom is -0.481 e. The highest BCUT2D eigenvalue weighted by molar-refractivity contribution is 7.09. The van der Waals surface area contributed by atoms with Gasteiger partial charge in [0.2, 0.25) is 17.7 Å². The SMILES string of the molecule is CCC[C@H](NC(=O)[C@@H](O)[C@H](CC(C)C)NC(=O)[C@H](Cc1cccs1)NC(=O)[C@@H](NC(=O)[C@@H](N)CCC(=O)O)[C@@H](C)CC)C(=O)O. The van der Waals surface area contributed by atoms with Crippen molar-refractivity contribution in [2.75, 3.05) is 0 Å². The lowest BCUT2D eigenvalue weighted by Gasteiger charge is -2.30. The Kier molecular flexibility index (Phi) is 17.3. The zero-order valence-corrected chi connectivity index (χ0v) is 27.4. The smallest absolute Gasteiger partial charge is 0.326 e. The third-order valence-electron chi connectivity index (χ3n) is 7.31. The van der Waals surface area contributed by atoms with Crippen LogP contribution < -0.4 is 27.0 Å². The maximum Gasteiger partial charge on any atom is 0.326 e. The highest BCUT2D eigenvalue weighted by atomic mass is 32.1. The number of aliphatic hydroxyl groups excluding tert-OH is 1. The zero-order valence-electron chi connectivity index (χ0n) is 26.6. The number of carbonyl (C=O) groups excluding carboxylic acids is 4. The topological polar surface area (TPSA) is 237 Å². The van der Waals surface area contributed by atoms with Gasteiger partial charge in [-0.3, -0.25) is 24.0 Å². The van der Waals surface area contributed by atoms with E-state index in [1.165, 1.54) is 11.3 Å². The number of nitrogens with two attached hydrogens (primary N) is 1. The minimum atomic E-state index is -1.77. The van der Waals surface area contributed by atoms with Crippen LogP contribution >= 0.6 is 11.3 Å².